The summed E-state index contributed by atoms with van der Waals surface area (Å²) in [6.45, 7) is 0. The van der Waals surface area contributed by atoms with Crippen molar-refractivity contribution in [3.63, 3.8) is 0 Å². The number of thiocarbonyl (C=S) groups is 1. The van der Waals surface area contributed by atoms with Gasteiger partial charge in [0.25, 0.3) is 30.4 Å². The van der Waals surface area contributed by atoms with Gasteiger partial charge >= 0.3 is 0 Å². The highest BCUT2D eigenvalue weighted by Gasteiger charge is 2.35. The molecule has 0 bridgehead atoms. The van der Waals surface area contributed by atoms with E-state index in [-0.39, 0.29) is 16.2 Å². The van der Waals surface area contributed by atoms with E-state index in [4.69, 9.17) is 5.73 Å². The SMILES string of the molecule is NC(=S)Nc1cccc2cc(S(=O)(=O)O)c(S(=O)(=O)O)c(S(=O)(=O)O)c12. The summed E-state index contributed by atoms with van der Waals surface area (Å²) in [6.07, 6.45) is 0. The fourth-order valence-electron chi connectivity index (χ4n) is 2.29. The molecule has 2 aromatic rings. The Morgan fingerprint density at radius 2 is 1.46 bits per heavy atom. The molecule has 6 N–H and O–H groups in total. The predicted molar refractivity (Wildman–Crippen MR) is 93.8 cm³/mol. The molecule has 2 aromatic carbocycles. The molecule has 0 aromatic heterocycles. The lowest BCUT2D eigenvalue weighted by Crippen LogP contribution is -2.20. The summed E-state index contributed by atoms with van der Waals surface area (Å²) in [5.41, 5.74) is 5.10. The third-order valence-corrected chi connectivity index (χ3v) is 6.19. The number of hydrogen-bond donors (Lipinski definition) is 5. The molecular weight excluding hydrogens is 432 g/mol. The quantitative estimate of drug-likeness (QED) is 0.319. The summed E-state index contributed by atoms with van der Waals surface area (Å²) < 4.78 is 98.2. The van der Waals surface area contributed by atoms with Crippen molar-refractivity contribution in [3.05, 3.63) is 24.3 Å². The van der Waals surface area contributed by atoms with Gasteiger partial charge in [-0.25, -0.2) is 0 Å². The first kappa shape index (κ1) is 20.4. The maximum absolute atomic E-state index is 11.8. The van der Waals surface area contributed by atoms with Crippen molar-refractivity contribution in [2.24, 2.45) is 5.73 Å². The van der Waals surface area contributed by atoms with Crippen molar-refractivity contribution in [2.75, 3.05) is 5.32 Å². The Labute approximate surface area is 153 Å². The van der Waals surface area contributed by atoms with E-state index in [1.54, 1.807) is 0 Å². The van der Waals surface area contributed by atoms with Crippen LogP contribution in [-0.4, -0.2) is 44.0 Å². The van der Waals surface area contributed by atoms with Crippen molar-refractivity contribution in [3.8, 4) is 0 Å². The number of rotatable bonds is 4. The first-order valence-corrected chi connectivity index (χ1v) is 11.0. The summed E-state index contributed by atoms with van der Waals surface area (Å²) in [6, 6.07) is 4.28. The van der Waals surface area contributed by atoms with Crippen molar-refractivity contribution in [1.29, 1.82) is 0 Å². The Hall–Kier alpha value is -1.88. The van der Waals surface area contributed by atoms with Gasteiger partial charge in [-0.05, 0) is 29.7 Å². The van der Waals surface area contributed by atoms with Crippen LogP contribution in [0.2, 0.25) is 0 Å². The molecule has 0 aliphatic carbocycles. The summed E-state index contributed by atoms with van der Waals surface area (Å²) in [5, 5.41) is 1.24. The van der Waals surface area contributed by atoms with Gasteiger partial charge < -0.3 is 11.1 Å². The van der Waals surface area contributed by atoms with Crippen molar-refractivity contribution in [2.45, 2.75) is 14.7 Å². The molecule has 15 heteroatoms. The number of benzene rings is 2. The molecule has 0 spiro atoms. The molecule has 0 saturated carbocycles. The van der Waals surface area contributed by atoms with Crippen LogP contribution in [0.4, 0.5) is 5.69 Å². The van der Waals surface area contributed by atoms with E-state index < -0.39 is 50.4 Å². The molecule has 142 valence electrons. The Morgan fingerprint density at radius 3 is 1.88 bits per heavy atom. The van der Waals surface area contributed by atoms with Crippen LogP contribution in [-0.2, 0) is 30.4 Å². The Kier molecular flexibility index (Phi) is 5.01. The Morgan fingerprint density at radius 1 is 0.923 bits per heavy atom. The second kappa shape index (κ2) is 6.38. The summed E-state index contributed by atoms with van der Waals surface area (Å²) in [4.78, 5) is -4.62. The molecule has 2 rings (SSSR count). The van der Waals surface area contributed by atoms with E-state index in [0.717, 1.165) is 6.07 Å². The number of nitrogens with two attached hydrogens (primary N) is 1. The molecule has 0 fully saturated rings. The van der Waals surface area contributed by atoms with Crippen LogP contribution >= 0.6 is 12.2 Å². The third kappa shape index (κ3) is 3.93. The van der Waals surface area contributed by atoms with Gasteiger partial charge in [0, 0.05) is 11.1 Å². The zero-order valence-electron chi connectivity index (χ0n) is 12.3. The summed E-state index contributed by atoms with van der Waals surface area (Å²) in [7, 11) is -16.3. The normalized spacial score (nSPS) is 12.9. The number of hydrogen-bond acceptors (Lipinski definition) is 7. The first-order valence-electron chi connectivity index (χ1n) is 6.22. The van der Waals surface area contributed by atoms with Crippen LogP contribution < -0.4 is 11.1 Å². The van der Waals surface area contributed by atoms with Gasteiger partial charge in [0.1, 0.15) is 14.7 Å². The fourth-order valence-corrected chi connectivity index (χ4v) is 5.82. The number of fused-ring (bicyclic) bond motifs is 1. The number of nitrogens with one attached hydrogen (secondary N) is 1. The third-order valence-electron chi connectivity index (χ3n) is 3.09. The van der Waals surface area contributed by atoms with E-state index in [9.17, 15) is 38.9 Å². The molecule has 11 nitrogen and oxygen atoms in total. The van der Waals surface area contributed by atoms with Gasteiger partial charge in [0.05, 0.1) is 0 Å². The second-order valence-electron chi connectivity index (χ2n) is 4.85. The zero-order valence-corrected chi connectivity index (χ0v) is 15.6. The van der Waals surface area contributed by atoms with Gasteiger partial charge in [0.2, 0.25) is 0 Å². The van der Waals surface area contributed by atoms with Crippen molar-refractivity contribution >= 4 is 64.1 Å². The van der Waals surface area contributed by atoms with E-state index >= 15 is 0 Å². The smallest absolute Gasteiger partial charge is 0.297 e. The van der Waals surface area contributed by atoms with Crippen LogP contribution in [0.5, 0.6) is 0 Å². The lowest BCUT2D eigenvalue weighted by atomic mass is 10.1. The van der Waals surface area contributed by atoms with Gasteiger partial charge in [-0.2, -0.15) is 25.3 Å². The number of anilines is 1. The lowest BCUT2D eigenvalue weighted by Gasteiger charge is -2.16. The average Bonchev–Trinajstić information content (AvgIpc) is 2.41. The highest BCUT2D eigenvalue weighted by Crippen LogP contribution is 2.38. The Bertz CT molecular complexity index is 1250. The van der Waals surface area contributed by atoms with E-state index in [1.165, 1.54) is 12.1 Å². The van der Waals surface area contributed by atoms with Crippen LogP contribution in [0.25, 0.3) is 10.8 Å². The standard InChI is InChI=1S/C11H10N2O9S4/c12-11(23)13-6-3-1-2-5-4-7(24(14,15)16)9(25(17,18)19)10(8(5)6)26(20,21)22/h1-4H,(H3,12,13,23)(H,14,15,16)(H,17,18,19)(H,20,21,22). The average molecular weight is 442 g/mol. The molecule has 0 unspecified atom stereocenters. The van der Waals surface area contributed by atoms with Crippen LogP contribution in [0.1, 0.15) is 0 Å². The monoisotopic (exact) mass is 442 g/mol. The minimum atomic E-state index is -5.54. The predicted octanol–water partition coefficient (Wildman–Crippen LogP) is 0.235. The lowest BCUT2D eigenvalue weighted by molar-refractivity contribution is 0.457. The van der Waals surface area contributed by atoms with Crippen molar-refractivity contribution in [1.82, 2.24) is 0 Å². The molecule has 0 heterocycles. The molecule has 0 atom stereocenters. The highest BCUT2D eigenvalue weighted by molar-refractivity contribution is 7.90. The molecular formula is C11H10N2O9S4. The van der Waals surface area contributed by atoms with Crippen LogP contribution in [0, 0.1) is 0 Å². The topological polar surface area (TPSA) is 201 Å². The molecule has 0 saturated heterocycles. The van der Waals surface area contributed by atoms with Gasteiger partial charge in [-0.15, -0.1) is 0 Å². The summed E-state index contributed by atoms with van der Waals surface area (Å²) >= 11 is 4.62. The molecule has 0 aliphatic heterocycles. The second-order valence-corrected chi connectivity index (χ2v) is 9.40. The Balaban J connectivity index is 3.32. The van der Waals surface area contributed by atoms with Gasteiger partial charge in [-0.3, -0.25) is 13.7 Å². The maximum atomic E-state index is 11.8. The minimum Gasteiger partial charge on any atom is -0.376 e. The van der Waals surface area contributed by atoms with Crippen LogP contribution in [0.15, 0.2) is 39.0 Å². The van der Waals surface area contributed by atoms with Crippen LogP contribution in [0.3, 0.4) is 0 Å². The molecule has 26 heavy (non-hydrogen) atoms. The minimum absolute atomic E-state index is 0.200. The zero-order chi connectivity index (χ0) is 20.1. The van der Waals surface area contributed by atoms with Crippen molar-refractivity contribution < 1.29 is 38.9 Å². The van der Waals surface area contributed by atoms with Gasteiger partial charge in [-0.1, -0.05) is 12.1 Å². The fraction of sp³-hybridized carbons (Fsp3) is 0. The maximum Gasteiger partial charge on any atom is 0.297 e. The highest BCUT2D eigenvalue weighted by atomic mass is 32.2. The van der Waals surface area contributed by atoms with Gasteiger partial charge in [0.15, 0.2) is 5.11 Å². The summed E-state index contributed by atoms with van der Waals surface area (Å²) in [5.74, 6) is 0. The van der Waals surface area contributed by atoms with E-state index in [0.29, 0.717) is 6.07 Å². The molecule has 0 aliphatic rings. The first-order chi connectivity index (χ1) is 11.6. The van der Waals surface area contributed by atoms with E-state index in [1.807, 2.05) is 0 Å². The van der Waals surface area contributed by atoms with E-state index in [2.05, 4.69) is 17.5 Å². The molecule has 0 amide bonds. The largest absolute Gasteiger partial charge is 0.376 e. The molecule has 0 radical (unpaired) electrons.